The zero-order valence-corrected chi connectivity index (χ0v) is 12.4. The minimum Gasteiger partial charge on any atom is -0.388 e. The Morgan fingerprint density at radius 1 is 1.39 bits per heavy atom. The Labute approximate surface area is 113 Å². The van der Waals surface area contributed by atoms with Crippen LogP contribution in [-0.4, -0.2) is 23.2 Å². The number of hydrogen-bond acceptors (Lipinski definition) is 3. The van der Waals surface area contributed by atoms with E-state index in [1.807, 2.05) is 45.2 Å². The Balaban J connectivity index is 2.66. The van der Waals surface area contributed by atoms with E-state index in [0.717, 1.165) is 4.88 Å². The molecule has 4 heteroatoms. The number of rotatable bonds is 6. The molecule has 0 saturated carbocycles. The third-order valence-corrected chi connectivity index (χ3v) is 4.79. The molecule has 0 aliphatic carbocycles. The van der Waals surface area contributed by atoms with Gasteiger partial charge in [-0.1, -0.05) is 19.9 Å². The summed E-state index contributed by atoms with van der Waals surface area (Å²) in [7, 11) is 0. The normalized spacial score (nSPS) is 12.5. The number of aliphatic hydroxyl groups is 1. The molecule has 0 bridgehead atoms. The van der Waals surface area contributed by atoms with Crippen LogP contribution in [0.2, 0.25) is 0 Å². The van der Waals surface area contributed by atoms with Gasteiger partial charge in [0.25, 0.3) is 0 Å². The summed E-state index contributed by atoms with van der Waals surface area (Å²) in [6.07, 6.45) is 1.28. The molecule has 1 aromatic rings. The first-order valence-corrected chi connectivity index (χ1v) is 7.28. The monoisotopic (exact) mass is 269 g/mol. The zero-order chi connectivity index (χ0) is 13.8. The standard InChI is InChI=1S/C14H23NO2S/c1-5-14(17,6-2)10-15-12(16)13(3,4)11-8-7-9-18-11/h7-9,17H,5-6,10H2,1-4H3,(H,15,16). The first kappa shape index (κ1) is 15.2. The molecular weight excluding hydrogens is 246 g/mol. The minimum atomic E-state index is -0.790. The van der Waals surface area contributed by atoms with Crippen LogP contribution < -0.4 is 5.32 Å². The van der Waals surface area contributed by atoms with Gasteiger partial charge in [-0.3, -0.25) is 4.79 Å². The molecule has 0 spiro atoms. The largest absolute Gasteiger partial charge is 0.388 e. The van der Waals surface area contributed by atoms with Crippen LogP contribution in [-0.2, 0) is 10.2 Å². The Hall–Kier alpha value is -0.870. The zero-order valence-electron chi connectivity index (χ0n) is 11.6. The van der Waals surface area contributed by atoms with Crippen LogP contribution in [0.15, 0.2) is 17.5 Å². The Morgan fingerprint density at radius 3 is 2.44 bits per heavy atom. The third-order valence-electron chi connectivity index (χ3n) is 3.60. The van der Waals surface area contributed by atoms with Crippen molar-refractivity contribution in [2.75, 3.05) is 6.54 Å². The van der Waals surface area contributed by atoms with E-state index >= 15 is 0 Å². The van der Waals surface area contributed by atoms with Crippen LogP contribution in [0.3, 0.4) is 0 Å². The predicted molar refractivity (Wildman–Crippen MR) is 75.9 cm³/mol. The summed E-state index contributed by atoms with van der Waals surface area (Å²) in [6.45, 7) is 7.99. The number of hydrogen-bond donors (Lipinski definition) is 2. The van der Waals surface area contributed by atoms with Gasteiger partial charge in [0.1, 0.15) is 0 Å². The lowest BCUT2D eigenvalue weighted by molar-refractivity contribution is -0.126. The highest BCUT2D eigenvalue weighted by molar-refractivity contribution is 7.10. The fourth-order valence-corrected chi connectivity index (χ4v) is 2.56. The van der Waals surface area contributed by atoms with Crippen molar-refractivity contribution in [2.45, 2.75) is 51.6 Å². The molecule has 3 nitrogen and oxygen atoms in total. The Bertz CT molecular complexity index is 381. The quantitative estimate of drug-likeness (QED) is 0.834. The summed E-state index contributed by atoms with van der Waals surface area (Å²) in [4.78, 5) is 13.3. The van der Waals surface area contributed by atoms with Gasteiger partial charge < -0.3 is 10.4 Å². The third kappa shape index (κ3) is 3.33. The fraction of sp³-hybridized carbons (Fsp3) is 0.643. The smallest absolute Gasteiger partial charge is 0.231 e. The van der Waals surface area contributed by atoms with Gasteiger partial charge in [0, 0.05) is 11.4 Å². The van der Waals surface area contributed by atoms with E-state index in [-0.39, 0.29) is 5.91 Å². The first-order valence-electron chi connectivity index (χ1n) is 6.40. The van der Waals surface area contributed by atoms with Crippen LogP contribution in [0.4, 0.5) is 0 Å². The number of amides is 1. The van der Waals surface area contributed by atoms with E-state index in [4.69, 9.17) is 0 Å². The summed E-state index contributed by atoms with van der Waals surface area (Å²) in [6, 6.07) is 3.92. The highest BCUT2D eigenvalue weighted by Crippen LogP contribution is 2.27. The van der Waals surface area contributed by atoms with Gasteiger partial charge in [0.15, 0.2) is 0 Å². The van der Waals surface area contributed by atoms with Gasteiger partial charge in [-0.2, -0.15) is 0 Å². The summed E-state index contributed by atoms with van der Waals surface area (Å²) in [5.74, 6) is -0.0368. The molecular formula is C14H23NO2S. The number of nitrogens with one attached hydrogen (secondary N) is 1. The summed E-state index contributed by atoms with van der Waals surface area (Å²) in [5.41, 5.74) is -1.34. The molecule has 0 aliphatic heterocycles. The SMILES string of the molecule is CCC(O)(CC)CNC(=O)C(C)(C)c1cccs1. The minimum absolute atomic E-state index is 0.0368. The van der Waals surface area contributed by atoms with E-state index in [9.17, 15) is 9.90 Å². The molecule has 1 aromatic heterocycles. The van der Waals surface area contributed by atoms with E-state index in [1.165, 1.54) is 0 Å². The van der Waals surface area contributed by atoms with Crippen molar-refractivity contribution in [1.82, 2.24) is 5.32 Å². The maximum Gasteiger partial charge on any atom is 0.231 e. The molecule has 0 atom stereocenters. The second-order valence-corrected chi connectivity index (χ2v) is 6.16. The van der Waals surface area contributed by atoms with Crippen LogP contribution in [0, 0.1) is 0 Å². The highest BCUT2D eigenvalue weighted by atomic mass is 32.1. The summed E-state index contributed by atoms with van der Waals surface area (Å²) < 4.78 is 0. The number of thiophene rings is 1. The predicted octanol–water partition coefficient (Wildman–Crippen LogP) is 2.69. The van der Waals surface area contributed by atoms with Crippen LogP contribution >= 0.6 is 11.3 Å². The van der Waals surface area contributed by atoms with Gasteiger partial charge in [-0.05, 0) is 38.1 Å². The van der Waals surface area contributed by atoms with Crippen LogP contribution in [0.25, 0.3) is 0 Å². The van der Waals surface area contributed by atoms with Crippen LogP contribution in [0.5, 0.6) is 0 Å². The Morgan fingerprint density at radius 2 is 2.00 bits per heavy atom. The highest BCUT2D eigenvalue weighted by Gasteiger charge is 2.32. The second-order valence-electron chi connectivity index (χ2n) is 5.22. The molecule has 0 unspecified atom stereocenters. The Kier molecular flexibility index (Phi) is 4.93. The first-order chi connectivity index (χ1) is 8.35. The second kappa shape index (κ2) is 5.85. The van der Waals surface area contributed by atoms with Crippen molar-refractivity contribution in [3.63, 3.8) is 0 Å². The van der Waals surface area contributed by atoms with Gasteiger partial charge in [-0.25, -0.2) is 0 Å². The number of carbonyl (C=O) groups is 1. The van der Waals surface area contributed by atoms with Crippen molar-refractivity contribution in [2.24, 2.45) is 0 Å². The lowest BCUT2D eigenvalue weighted by Gasteiger charge is -2.28. The molecule has 102 valence electrons. The van der Waals surface area contributed by atoms with Crippen molar-refractivity contribution >= 4 is 17.2 Å². The summed E-state index contributed by atoms with van der Waals surface area (Å²) in [5, 5.41) is 15.0. The van der Waals surface area contributed by atoms with Crippen molar-refractivity contribution < 1.29 is 9.90 Å². The molecule has 18 heavy (non-hydrogen) atoms. The fourth-order valence-electron chi connectivity index (χ4n) is 1.71. The lowest BCUT2D eigenvalue weighted by Crippen LogP contribution is -2.47. The molecule has 0 saturated heterocycles. The maximum atomic E-state index is 12.2. The van der Waals surface area contributed by atoms with Gasteiger partial charge in [0.05, 0.1) is 11.0 Å². The summed E-state index contributed by atoms with van der Waals surface area (Å²) >= 11 is 1.58. The van der Waals surface area contributed by atoms with Gasteiger partial charge >= 0.3 is 0 Å². The van der Waals surface area contributed by atoms with Crippen molar-refractivity contribution in [3.05, 3.63) is 22.4 Å². The topological polar surface area (TPSA) is 49.3 Å². The van der Waals surface area contributed by atoms with E-state index in [1.54, 1.807) is 11.3 Å². The average molecular weight is 269 g/mol. The van der Waals surface area contributed by atoms with E-state index in [0.29, 0.717) is 19.4 Å². The molecule has 0 aliphatic rings. The molecule has 0 aromatic carbocycles. The average Bonchev–Trinajstić information content (AvgIpc) is 2.89. The lowest BCUT2D eigenvalue weighted by atomic mass is 9.89. The van der Waals surface area contributed by atoms with Crippen molar-refractivity contribution in [3.8, 4) is 0 Å². The molecule has 0 fully saturated rings. The molecule has 1 heterocycles. The number of carbonyl (C=O) groups excluding carboxylic acids is 1. The molecule has 0 radical (unpaired) electrons. The van der Waals surface area contributed by atoms with Crippen LogP contribution in [0.1, 0.15) is 45.4 Å². The molecule has 2 N–H and O–H groups in total. The van der Waals surface area contributed by atoms with Gasteiger partial charge in [-0.15, -0.1) is 11.3 Å². The maximum absolute atomic E-state index is 12.2. The molecule has 1 rings (SSSR count). The van der Waals surface area contributed by atoms with Crippen molar-refractivity contribution in [1.29, 1.82) is 0 Å². The van der Waals surface area contributed by atoms with E-state index < -0.39 is 11.0 Å². The van der Waals surface area contributed by atoms with E-state index in [2.05, 4.69) is 5.32 Å². The molecule has 1 amide bonds. The van der Waals surface area contributed by atoms with Gasteiger partial charge in [0.2, 0.25) is 5.91 Å².